The molecule has 1 aromatic heterocycles. The SMILES string of the molecule is COc1ccc(C2C(=C([O-])c3ccc(OCc4ccccc4C)cc3)C(=O)C(=O)N2Cc2ccc[nH+]c2)cc1OC. The molecule has 1 fully saturated rings. The van der Waals surface area contributed by atoms with Gasteiger partial charge >= 0.3 is 0 Å². The predicted octanol–water partition coefficient (Wildman–Crippen LogP) is 3.83. The molecule has 0 aliphatic carbocycles. The summed E-state index contributed by atoms with van der Waals surface area (Å²) in [7, 11) is 3.02. The second-order valence-electron chi connectivity index (χ2n) is 9.67. The van der Waals surface area contributed by atoms with Crippen LogP contribution in [-0.2, 0) is 22.7 Å². The lowest BCUT2D eigenvalue weighted by Crippen LogP contribution is -2.29. The molecule has 1 atom stereocenters. The zero-order valence-electron chi connectivity index (χ0n) is 23.0. The van der Waals surface area contributed by atoms with E-state index >= 15 is 0 Å². The molecule has 5 rings (SSSR count). The van der Waals surface area contributed by atoms with Gasteiger partial charge in [-0.05, 0) is 59.5 Å². The number of methoxy groups -OCH3 is 2. The normalized spacial score (nSPS) is 16.1. The molecule has 41 heavy (non-hydrogen) atoms. The Kier molecular flexibility index (Phi) is 8.01. The largest absolute Gasteiger partial charge is 0.872 e. The van der Waals surface area contributed by atoms with E-state index in [0.29, 0.717) is 29.4 Å². The molecule has 0 saturated carbocycles. The van der Waals surface area contributed by atoms with Crippen LogP contribution in [0.15, 0.2) is 96.8 Å². The van der Waals surface area contributed by atoms with Gasteiger partial charge in [-0.3, -0.25) is 9.59 Å². The van der Waals surface area contributed by atoms with Gasteiger partial charge in [-0.1, -0.05) is 48.2 Å². The third kappa shape index (κ3) is 5.63. The molecule has 1 aliphatic heterocycles. The molecule has 3 aromatic carbocycles. The fourth-order valence-corrected chi connectivity index (χ4v) is 4.92. The molecule has 0 spiro atoms. The van der Waals surface area contributed by atoms with Gasteiger partial charge < -0.3 is 24.2 Å². The van der Waals surface area contributed by atoms with Gasteiger partial charge in [-0.25, -0.2) is 4.98 Å². The number of aromatic amines is 1. The van der Waals surface area contributed by atoms with Crippen molar-refractivity contribution in [1.29, 1.82) is 0 Å². The highest BCUT2D eigenvalue weighted by Crippen LogP contribution is 2.42. The summed E-state index contributed by atoms with van der Waals surface area (Å²) in [5.41, 5.74) is 3.69. The number of pyridine rings is 1. The number of aryl methyl sites for hydroxylation is 1. The summed E-state index contributed by atoms with van der Waals surface area (Å²) in [6, 6.07) is 22.4. The zero-order valence-corrected chi connectivity index (χ0v) is 23.0. The molecule has 1 unspecified atom stereocenters. The first-order valence-corrected chi connectivity index (χ1v) is 13.1. The number of H-pyrrole nitrogens is 1. The number of ketones is 1. The fourth-order valence-electron chi connectivity index (χ4n) is 4.92. The molecule has 0 bridgehead atoms. The van der Waals surface area contributed by atoms with Crippen molar-refractivity contribution in [2.24, 2.45) is 0 Å². The Morgan fingerprint density at radius 1 is 0.927 bits per heavy atom. The van der Waals surface area contributed by atoms with Crippen molar-refractivity contribution in [3.8, 4) is 17.2 Å². The number of Topliss-reactive ketones (excluding diaryl/α,β-unsaturated/α-hetero) is 1. The van der Waals surface area contributed by atoms with E-state index in [9.17, 15) is 14.7 Å². The van der Waals surface area contributed by atoms with Crippen LogP contribution in [0.5, 0.6) is 17.2 Å². The van der Waals surface area contributed by atoms with Gasteiger partial charge in [0.1, 0.15) is 12.4 Å². The average Bonchev–Trinajstić information content (AvgIpc) is 3.25. The van der Waals surface area contributed by atoms with E-state index in [1.54, 1.807) is 54.9 Å². The minimum atomic E-state index is -0.917. The Morgan fingerprint density at radius 2 is 1.68 bits per heavy atom. The molecule has 4 aromatic rings. The first-order valence-electron chi connectivity index (χ1n) is 13.1. The first-order chi connectivity index (χ1) is 19.9. The van der Waals surface area contributed by atoms with Crippen molar-refractivity contribution < 1.29 is 33.9 Å². The van der Waals surface area contributed by atoms with Crippen LogP contribution in [-0.4, -0.2) is 30.8 Å². The molecular weight excluding hydrogens is 520 g/mol. The Labute approximate surface area is 238 Å². The monoisotopic (exact) mass is 550 g/mol. The number of hydrogen-bond donors (Lipinski definition) is 0. The van der Waals surface area contributed by atoms with Crippen molar-refractivity contribution in [3.05, 3.63) is 125 Å². The number of amides is 1. The zero-order chi connectivity index (χ0) is 28.9. The average molecular weight is 551 g/mol. The van der Waals surface area contributed by atoms with Gasteiger partial charge in [-0.2, -0.15) is 0 Å². The van der Waals surface area contributed by atoms with Crippen molar-refractivity contribution in [2.45, 2.75) is 26.1 Å². The number of ether oxygens (including phenoxy) is 3. The number of aromatic nitrogens is 1. The maximum absolute atomic E-state index is 13.9. The highest BCUT2D eigenvalue weighted by molar-refractivity contribution is 6.46. The topological polar surface area (TPSA) is 102 Å². The van der Waals surface area contributed by atoms with Crippen LogP contribution >= 0.6 is 0 Å². The molecule has 0 radical (unpaired) electrons. The summed E-state index contributed by atoms with van der Waals surface area (Å²) in [6.07, 6.45) is 3.50. The maximum Gasteiger partial charge on any atom is 0.295 e. The second kappa shape index (κ2) is 12.0. The Bertz CT molecular complexity index is 1600. The minimum Gasteiger partial charge on any atom is -0.872 e. The Hall–Kier alpha value is -5.11. The number of rotatable bonds is 9. The quantitative estimate of drug-likeness (QED) is 0.178. The van der Waals surface area contributed by atoms with Crippen molar-refractivity contribution in [1.82, 2.24) is 4.90 Å². The van der Waals surface area contributed by atoms with Gasteiger partial charge in [0, 0.05) is 17.2 Å². The van der Waals surface area contributed by atoms with E-state index in [0.717, 1.165) is 16.7 Å². The smallest absolute Gasteiger partial charge is 0.295 e. The number of carbonyl (C=O) groups excluding carboxylic acids is 2. The Balaban J connectivity index is 1.51. The summed E-state index contributed by atoms with van der Waals surface area (Å²) >= 11 is 0. The van der Waals surface area contributed by atoms with Crippen LogP contribution in [0.1, 0.15) is 33.9 Å². The van der Waals surface area contributed by atoms with Crippen LogP contribution in [0.2, 0.25) is 0 Å². The van der Waals surface area contributed by atoms with Gasteiger partial charge in [0.15, 0.2) is 23.9 Å². The molecular formula is C33H30N2O6. The van der Waals surface area contributed by atoms with Crippen LogP contribution in [0, 0.1) is 6.92 Å². The molecule has 8 nitrogen and oxygen atoms in total. The molecule has 208 valence electrons. The predicted molar refractivity (Wildman–Crippen MR) is 150 cm³/mol. The van der Waals surface area contributed by atoms with Gasteiger partial charge in [-0.15, -0.1) is 0 Å². The molecule has 2 heterocycles. The lowest BCUT2D eigenvalue weighted by atomic mass is 9.94. The molecule has 1 amide bonds. The molecule has 1 saturated heterocycles. The summed E-state index contributed by atoms with van der Waals surface area (Å²) in [5.74, 6) is -0.584. The number of carbonyl (C=O) groups is 2. The van der Waals surface area contributed by atoms with Crippen molar-refractivity contribution >= 4 is 17.4 Å². The van der Waals surface area contributed by atoms with E-state index in [2.05, 4.69) is 4.98 Å². The number of hydrogen-bond acceptors (Lipinski definition) is 6. The van der Waals surface area contributed by atoms with Gasteiger partial charge in [0.05, 0.1) is 26.8 Å². The highest BCUT2D eigenvalue weighted by Gasteiger charge is 2.44. The van der Waals surface area contributed by atoms with E-state index in [1.165, 1.54) is 19.1 Å². The second-order valence-corrected chi connectivity index (χ2v) is 9.67. The number of nitrogens with zero attached hydrogens (tertiary/aromatic N) is 1. The fraction of sp³-hybridized carbons (Fsp3) is 0.182. The van der Waals surface area contributed by atoms with Crippen molar-refractivity contribution in [2.75, 3.05) is 14.2 Å². The molecule has 8 heteroatoms. The first kappa shape index (κ1) is 27.5. The lowest BCUT2D eigenvalue weighted by molar-refractivity contribution is -0.378. The van der Waals surface area contributed by atoms with E-state index in [-0.39, 0.29) is 17.7 Å². The summed E-state index contributed by atoms with van der Waals surface area (Å²) in [4.78, 5) is 31.1. The summed E-state index contributed by atoms with van der Waals surface area (Å²) in [6.45, 7) is 2.53. The van der Waals surface area contributed by atoms with Crippen LogP contribution < -0.4 is 24.3 Å². The molecule has 1 aliphatic rings. The maximum atomic E-state index is 13.9. The number of benzene rings is 3. The van der Waals surface area contributed by atoms with Crippen LogP contribution in [0.4, 0.5) is 0 Å². The summed E-state index contributed by atoms with van der Waals surface area (Å²) < 4.78 is 16.8. The van der Waals surface area contributed by atoms with E-state index < -0.39 is 23.5 Å². The van der Waals surface area contributed by atoms with E-state index in [4.69, 9.17) is 14.2 Å². The van der Waals surface area contributed by atoms with Gasteiger partial charge in [0.25, 0.3) is 5.91 Å². The minimum absolute atomic E-state index is 0.115. The van der Waals surface area contributed by atoms with Gasteiger partial charge in [0.2, 0.25) is 5.78 Å². The third-order valence-electron chi connectivity index (χ3n) is 7.15. The van der Waals surface area contributed by atoms with Crippen LogP contribution in [0.3, 0.4) is 0 Å². The number of likely N-dealkylation sites (tertiary alicyclic amines) is 1. The van der Waals surface area contributed by atoms with E-state index in [1.807, 2.05) is 43.3 Å². The Morgan fingerprint density at radius 3 is 2.37 bits per heavy atom. The lowest BCUT2D eigenvalue weighted by Gasteiger charge is -2.28. The third-order valence-corrected chi connectivity index (χ3v) is 7.15. The highest BCUT2D eigenvalue weighted by atomic mass is 16.5. The molecule has 1 N–H and O–H groups in total. The standard InChI is InChI=1S/C33H30N2O6/c1-21-7-4-5-9-25(21)20-41-26-13-10-23(11-14-26)31(36)29-30(24-12-15-27(39-2)28(17-24)40-3)35(33(38)32(29)37)19-22-8-6-16-34-18-22/h4-18,30,36H,19-20H2,1-3H3. The van der Waals surface area contributed by atoms with Crippen molar-refractivity contribution in [3.63, 3.8) is 0 Å². The number of nitrogens with one attached hydrogen (secondary N) is 1. The van der Waals surface area contributed by atoms with Crippen LogP contribution in [0.25, 0.3) is 5.76 Å². The summed E-state index contributed by atoms with van der Waals surface area (Å²) in [5, 5.41) is 13.9.